The fourth-order valence-corrected chi connectivity index (χ4v) is 7.23. The van der Waals surface area contributed by atoms with Gasteiger partial charge in [-0.3, -0.25) is 4.79 Å². The summed E-state index contributed by atoms with van der Waals surface area (Å²) in [6.07, 6.45) is -23.7. The third kappa shape index (κ3) is 9.62. The molecule has 0 radical (unpaired) electrons. The van der Waals surface area contributed by atoms with Crippen molar-refractivity contribution in [2.75, 3.05) is 6.61 Å². The zero-order chi connectivity index (χ0) is 47.2. The van der Waals surface area contributed by atoms with Gasteiger partial charge in [0.15, 0.2) is 41.2 Å². The Bertz CT molecular complexity index is 2460. The van der Waals surface area contributed by atoms with Crippen molar-refractivity contribution in [3.05, 3.63) is 70.4 Å². The molecule has 23 heteroatoms. The summed E-state index contributed by atoms with van der Waals surface area (Å²) < 4.78 is 45.7. The first-order chi connectivity index (χ1) is 30.7. The molecule has 15 unspecified atom stereocenters. The number of aliphatic hydroxyl groups is 8. The third-order valence-electron chi connectivity index (χ3n) is 11.0. The number of hydrogen-bond acceptors (Lipinski definition) is 23. The maximum Gasteiger partial charge on any atom is 0.330 e. The number of rotatable bonds is 11. The lowest BCUT2D eigenvalue weighted by atomic mass is 9.97. The van der Waals surface area contributed by atoms with E-state index in [0.717, 1.165) is 36.4 Å². The van der Waals surface area contributed by atoms with Crippen LogP contribution >= 0.6 is 0 Å². The van der Waals surface area contributed by atoms with Crippen LogP contribution in [0.15, 0.2) is 63.8 Å². The van der Waals surface area contributed by atoms with Crippen molar-refractivity contribution < 1.29 is 109 Å². The van der Waals surface area contributed by atoms with Gasteiger partial charge in [-0.15, -0.1) is 0 Å². The lowest BCUT2D eigenvalue weighted by molar-refractivity contribution is -0.355. The molecule has 0 bridgehead atoms. The number of carbonyl (C=O) groups is 1. The summed E-state index contributed by atoms with van der Waals surface area (Å²) >= 11 is 0. The number of benzene rings is 3. The van der Waals surface area contributed by atoms with E-state index in [1.54, 1.807) is 0 Å². The number of ether oxygens (including phenoxy) is 7. The normalized spacial score (nSPS) is 32.9. The van der Waals surface area contributed by atoms with Gasteiger partial charge in [0, 0.05) is 23.8 Å². The molecule has 1 aromatic heterocycles. The molecule has 0 saturated carbocycles. The molecule has 4 aromatic rings. The van der Waals surface area contributed by atoms with E-state index in [1.807, 2.05) is 0 Å². The smallest absolute Gasteiger partial charge is 0.330 e. The largest absolute Gasteiger partial charge is 0.507 e. The third-order valence-corrected chi connectivity index (χ3v) is 11.0. The molecular formula is C42H46O23. The van der Waals surface area contributed by atoms with Crippen LogP contribution in [0.2, 0.25) is 0 Å². The standard InChI is InChI=1S/C42H46O23/c1-14-28(49)32(53)35(56)40(59-14)61-18-11-23(47)27-24(12-18)62-37(17-5-7-20(44)22(46)10-17)38(31(27)52)64-42-39(34(55)29(50)15(2)60-42)65-41-36(57)33(54)30(51)25(63-41)13-58-26(48)8-4-16-3-6-19(43)21(45)9-16/h3-12,14-15,25,28-30,32-36,39-47,49-51,53-57H,13H2,1-2H3. The summed E-state index contributed by atoms with van der Waals surface area (Å²) in [5, 5.41) is 136. The Morgan fingerprint density at radius 2 is 1.25 bits per heavy atom. The van der Waals surface area contributed by atoms with Gasteiger partial charge in [0.1, 0.15) is 84.0 Å². The number of esters is 1. The molecular weight excluding hydrogens is 872 g/mol. The molecule has 13 N–H and O–H groups in total. The van der Waals surface area contributed by atoms with Crippen LogP contribution in [0.25, 0.3) is 28.4 Å². The van der Waals surface area contributed by atoms with Gasteiger partial charge >= 0.3 is 5.97 Å². The molecule has 3 fully saturated rings. The molecule has 4 heterocycles. The van der Waals surface area contributed by atoms with E-state index in [-0.39, 0.29) is 11.3 Å². The average Bonchev–Trinajstić information content (AvgIpc) is 3.26. The molecule has 0 spiro atoms. The molecule has 352 valence electrons. The van der Waals surface area contributed by atoms with Crippen molar-refractivity contribution in [1.29, 1.82) is 0 Å². The highest BCUT2D eigenvalue weighted by Gasteiger charge is 2.51. The van der Waals surface area contributed by atoms with Crippen molar-refractivity contribution in [2.24, 2.45) is 0 Å². The van der Waals surface area contributed by atoms with Crippen LogP contribution in [0.4, 0.5) is 0 Å². The zero-order valence-corrected chi connectivity index (χ0v) is 34.0. The Kier molecular flexibility index (Phi) is 13.8. The van der Waals surface area contributed by atoms with Crippen LogP contribution in [0, 0.1) is 0 Å². The minimum absolute atomic E-state index is 0.129. The van der Waals surface area contributed by atoms with Gasteiger partial charge in [-0.05, 0) is 55.8 Å². The maximum atomic E-state index is 14.4. The van der Waals surface area contributed by atoms with Crippen LogP contribution in [0.1, 0.15) is 19.4 Å². The van der Waals surface area contributed by atoms with E-state index >= 15 is 0 Å². The lowest BCUT2D eigenvalue weighted by Gasteiger charge is -2.45. The molecule has 3 aliphatic heterocycles. The first-order valence-corrected chi connectivity index (χ1v) is 19.9. The van der Waals surface area contributed by atoms with Crippen molar-refractivity contribution in [1.82, 2.24) is 0 Å². The van der Waals surface area contributed by atoms with Crippen molar-refractivity contribution >= 4 is 23.0 Å². The van der Waals surface area contributed by atoms with Crippen LogP contribution in [0.5, 0.6) is 40.2 Å². The predicted octanol–water partition coefficient (Wildman–Crippen LogP) is -1.51. The second kappa shape index (κ2) is 19.0. The van der Waals surface area contributed by atoms with Crippen molar-refractivity contribution in [3.8, 4) is 51.6 Å². The van der Waals surface area contributed by atoms with E-state index in [0.29, 0.717) is 5.56 Å². The van der Waals surface area contributed by atoms with E-state index in [9.17, 15) is 76.0 Å². The Hall–Kier alpha value is -5.80. The van der Waals surface area contributed by atoms with Gasteiger partial charge in [0.05, 0.1) is 12.2 Å². The molecule has 0 aliphatic carbocycles. The number of hydrogen-bond donors (Lipinski definition) is 13. The van der Waals surface area contributed by atoms with E-state index in [4.69, 9.17) is 37.6 Å². The number of aliphatic hydroxyl groups excluding tert-OH is 8. The van der Waals surface area contributed by atoms with Gasteiger partial charge in [0.2, 0.25) is 23.8 Å². The zero-order valence-electron chi connectivity index (χ0n) is 34.0. The number of phenolic OH excluding ortho intramolecular Hbond substituents is 5. The van der Waals surface area contributed by atoms with E-state index < -0.39 is 161 Å². The molecule has 15 atom stereocenters. The summed E-state index contributed by atoms with van der Waals surface area (Å²) in [5.74, 6) is -5.42. The lowest BCUT2D eigenvalue weighted by Crippen LogP contribution is -2.64. The quantitative estimate of drug-likeness (QED) is 0.0462. The van der Waals surface area contributed by atoms with Gasteiger partial charge in [0.25, 0.3) is 0 Å². The molecule has 0 amide bonds. The molecule has 3 aromatic carbocycles. The highest BCUT2D eigenvalue weighted by atomic mass is 16.8. The molecule has 3 saturated heterocycles. The topological polar surface area (TPSA) is 375 Å². The second-order valence-electron chi connectivity index (χ2n) is 15.5. The Morgan fingerprint density at radius 3 is 1.92 bits per heavy atom. The molecule has 23 nitrogen and oxygen atoms in total. The van der Waals surface area contributed by atoms with Crippen LogP contribution in [0.3, 0.4) is 0 Å². The summed E-state index contributed by atoms with van der Waals surface area (Å²) in [5.41, 5.74) is -1.35. The second-order valence-corrected chi connectivity index (χ2v) is 15.5. The molecule has 3 aliphatic rings. The number of fused-ring (bicyclic) bond motifs is 1. The summed E-state index contributed by atoms with van der Waals surface area (Å²) in [6.45, 7) is 1.98. The summed E-state index contributed by atoms with van der Waals surface area (Å²) in [6, 6.07) is 8.97. The molecule has 65 heavy (non-hydrogen) atoms. The van der Waals surface area contributed by atoms with Crippen LogP contribution in [-0.2, 0) is 28.5 Å². The Labute approximate surface area is 365 Å². The fourth-order valence-electron chi connectivity index (χ4n) is 7.23. The minimum atomic E-state index is -2.07. The highest BCUT2D eigenvalue weighted by Crippen LogP contribution is 2.41. The first kappa shape index (κ1) is 47.2. The molecule has 7 rings (SSSR count). The van der Waals surface area contributed by atoms with Gasteiger partial charge in [-0.2, -0.15) is 0 Å². The first-order valence-electron chi connectivity index (χ1n) is 19.9. The number of phenols is 5. The fraction of sp³-hybridized carbons (Fsp3) is 0.429. The minimum Gasteiger partial charge on any atom is -0.507 e. The summed E-state index contributed by atoms with van der Waals surface area (Å²) in [4.78, 5) is 26.9. The number of aromatic hydroxyl groups is 5. The van der Waals surface area contributed by atoms with Crippen molar-refractivity contribution in [2.45, 2.75) is 106 Å². The Balaban J connectivity index is 1.18. The highest BCUT2D eigenvalue weighted by molar-refractivity contribution is 5.89. The monoisotopic (exact) mass is 918 g/mol. The van der Waals surface area contributed by atoms with Crippen LogP contribution < -0.4 is 14.9 Å². The van der Waals surface area contributed by atoms with Gasteiger partial charge < -0.3 is 104 Å². The predicted molar refractivity (Wildman–Crippen MR) is 214 cm³/mol. The van der Waals surface area contributed by atoms with E-state index in [1.165, 1.54) is 38.1 Å². The van der Waals surface area contributed by atoms with Gasteiger partial charge in [-0.25, -0.2) is 4.79 Å². The average molecular weight is 919 g/mol. The van der Waals surface area contributed by atoms with Crippen molar-refractivity contribution in [3.63, 3.8) is 0 Å². The van der Waals surface area contributed by atoms with Gasteiger partial charge in [-0.1, -0.05) is 6.07 Å². The number of carbonyl (C=O) groups excluding carboxylic acids is 1. The summed E-state index contributed by atoms with van der Waals surface area (Å²) in [7, 11) is 0. The maximum absolute atomic E-state index is 14.4. The SMILES string of the molecule is CC1OC(Oc2cc(O)c3c(=O)c(OC4OC(C)C(O)C(O)C4OC4OC(COC(=O)C=Cc5ccc(O)c(O)c5)C(O)C(O)C4O)c(-c4ccc(O)c(O)c4)oc3c2)C(O)C(O)C1O. The van der Waals surface area contributed by atoms with Crippen LogP contribution in [-0.4, -0.2) is 171 Å². The van der Waals surface area contributed by atoms with E-state index in [2.05, 4.69) is 0 Å². The Morgan fingerprint density at radius 1 is 0.631 bits per heavy atom.